The number of nitrogens with zero attached hydrogens (tertiary/aromatic N) is 1. The van der Waals surface area contributed by atoms with Crippen molar-refractivity contribution < 1.29 is 19.1 Å². The molecule has 1 N–H and O–H groups in total. The molecular formula is C11H7NO4. The summed E-state index contributed by atoms with van der Waals surface area (Å²) >= 11 is 0. The Morgan fingerprint density at radius 2 is 1.69 bits per heavy atom. The highest BCUT2D eigenvalue weighted by Gasteiger charge is 2.16. The van der Waals surface area contributed by atoms with E-state index in [1.165, 1.54) is 36.7 Å². The van der Waals surface area contributed by atoms with Gasteiger partial charge in [-0.3, -0.25) is 9.78 Å². The van der Waals surface area contributed by atoms with Gasteiger partial charge in [0.1, 0.15) is 0 Å². The predicted octanol–water partition coefficient (Wildman–Crippen LogP) is 1.60. The highest BCUT2D eigenvalue weighted by molar-refractivity contribution is 6.07. The van der Waals surface area contributed by atoms with Crippen molar-refractivity contribution in [2.45, 2.75) is 0 Å². The van der Waals surface area contributed by atoms with Gasteiger partial charge in [0.05, 0.1) is 0 Å². The number of ketones is 1. The highest BCUT2D eigenvalue weighted by atomic mass is 16.4. The van der Waals surface area contributed by atoms with Gasteiger partial charge in [0, 0.05) is 18.0 Å². The molecule has 16 heavy (non-hydrogen) atoms. The predicted molar refractivity (Wildman–Crippen MR) is 53.3 cm³/mol. The third kappa shape index (κ3) is 1.83. The van der Waals surface area contributed by atoms with Gasteiger partial charge in [-0.2, -0.15) is 0 Å². The number of hydrogen-bond donors (Lipinski definition) is 1. The van der Waals surface area contributed by atoms with Gasteiger partial charge >= 0.3 is 5.97 Å². The quantitative estimate of drug-likeness (QED) is 0.790. The molecule has 2 heterocycles. The monoisotopic (exact) mass is 217 g/mol. The van der Waals surface area contributed by atoms with Crippen LogP contribution >= 0.6 is 0 Å². The largest absolute Gasteiger partial charge is 0.475 e. The Morgan fingerprint density at radius 3 is 2.25 bits per heavy atom. The van der Waals surface area contributed by atoms with E-state index in [2.05, 4.69) is 4.98 Å². The molecule has 0 spiro atoms. The number of carbonyl (C=O) groups is 2. The van der Waals surface area contributed by atoms with E-state index < -0.39 is 5.97 Å². The van der Waals surface area contributed by atoms with E-state index in [-0.39, 0.29) is 17.3 Å². The molecule has 0 amide bonds. The van der Waals surface area contributed by atoms with Crippen molar-refractivity contribution in [1.82, 2.24) is 4.98 Å². The number of aromatic nitrogens is 1. The average molecular weight is 217 g/mol. The number of carboxylic acid groups (broad SMARTS) is 1. The third-order valence-electron chi connectivity index (χ3n) is 1.98. The van der Waals surface area contributed by atoms with Crippen LogP contribution in [-0.2, 0) is 0 Å². The van der Waals surface area contributed by atoms with E-state index in [9.17, 15) is 9.59 Å². The minimum Gasteiger partial charge on any atom is -0.475 e. The fourth-order valence-electron chi connectivity index (χ4n) is 1.22. The number of rotatable bonds is 3. The first-order valence-corrected chi connectivity index (χ1v) is 4.46. The number of hydrogen-bond acceptors (Lipinski definition) is 4. The van der Waals surface area contributed by atoms with Crippen LogP contribution in [0.25, 0.3) is 0 Å². The maximum absolute atomic E-state index is 11.8. The molecule has 2 aromatic rings. The molecule has 5 nitrogen and oxygen atoms in total. The van der Waals surface area contributed by atoms with E-state index in [0.29, 0.717) is 5.56 Å². The SMILES string of the molecule is O=C(O)c1ccc(C(=O)c2ccncc2)o1. The summed E-state index contributed by atoms with van der Waals surface area (Å²) < 4.78 is 4.89. The minimum atomic E-state index is -1.20. The van der Waals surface area contributed by atoms with E-state index in [1.807, 2.05) is 0 Å². The Morgan fingerprint density at radius 1 is 1.06 bits per heavy atom. The van der Waals surface area contributed by atoms with Crippen LogP contribution in [0.3, 0.4) is 0 Å². The Labute approximate surface area is 90.3 Å². The van der Waals surface area contributed by atoms with Crippen LogP contribution in [0.4, 0.5) is 0 Å². The first-order valence-electron chi connectivity index (χ1n) is 4.46. The highest BCUT2D eigenvalue weighted by Crippen LogP contribution is 2.12. The molecule has 5 heteroatoms. The van der Waals surface area contributed by atoms with E-state index >= 15 is 0 Å². The van der Waals surface area contributed by atoms with Crippen LogP contribution in [0.15, 0.2) is 41.1 Å². The lowest BCUT2D eigenvalue weighted by Gasteiger charge is -1.95. The molecule has 80 valence electrons. The van der Waals surface area contributed by atoms with Gasteiger partial charge < -0.3 is 9.52 Å². The fraction of sp³-hybridized carbons (Fsp3) is 0. The zero-order valence-corrected chi connectivity index (χ0v) is 8.08. The smallest absolute Gasteiger partial charge is 0.371 e. The number of pyridine rings is 1. The fourth-order valence-corrected chi connectivity index (χ4v) is 1.22. The molecule has 0 aliphatic rings. The van der Waals surface area contributed by atoms with E-state index in [0.717, 1.165) is 0 Å². The Hall–Kier alpha value is -2.43. The maximum atomic E-state index is 11.8. The summed E-state index contributed by atoms with van der Waals surface area (Å²) in [6.07, 6.45) is 2.96. The molecule has 0 unspecified atom stereocenters. The summed E-state index contributed by atoms with van der Waals surface area (Å²) in [6, 6.07) is 5.65. The van der Waals surface area contributed by atoms with Gasteiger partial charge in [0.25, 0.3) is 0 Å². The van der Waals surface area contributed by atoms with Crippen molar-refractivity contribution in [3.05, 3.63) is 53.7 Å². The van der Waals surface area contributed by atoms with Crippen molar-refractivity contribution in [3.63, 3.8) is 0 Å². The molecule has 0 aliphatic heterocycles. The molecule has 0 radical (unpaired) electrons. The molecule has 0 saturated carbocycles. The summed E-state index contributed by atoms with van der Waals surface area (Å²) in [5.41, 5.74) is 0.404. The molecular weight excluding hydrogens is 210 g/mol. The standard InChI is InChI=1S/C11H7NO4/c13-10(7-3-5-12-6-4-7)8-1-2-9(16-8)11(14)15/h1-6H,(H,14,15). The Balaban J connectivity index is 2.31. The van der Waals surface area contributed by atoms with E-state index in [4.69, 9.17) is 9.52 Å². The van der Waals surface area contributed by atoms with Crippen LogP contribution < -0.4 is 0 Å². The summed E-state index contributed by atoms with van der Waals surface area (Å²) in [7, 11) is 0. The Bertz CT molecular complexity index is 530. The molecule has 0 saturated heterocycles. The summed E-state index contributed by atoms with van der Waals surface area (Å²) in [4.78, 5) is 26.1. The van der Waals surface area contributed by atoms with Crippen LogP contribution in [-0.4, -0.2) is 21.8 Å². The second-order valence-corrected chi connectivity index (χ2v) is 3.03. The molecule has 0 bridgehead atoms. The molecule has 0 atom stereocenters. The molecule has 2 rings (SSSR count). The van der Waals surface area contributed by atoms with Gasteiger partial charge in [-0.1, -0.05) is 0 Å². The second-order valence-electron chi connectivity index (χ2n) is 3.03. The lowest BCUT2D eigenvalue weighted by Crippen LogP contribution is -1.99. The van der Waals surface area contributed by atoms with Gasteiger partial charge in [-0.15, -0.1) is 0 Å². The van der Waals surface area contributed by atoms with Gasteiger partial charge in [-0.25, -0.2) is 4.79 Å². The van der Waals surface area contributed by atoms with Crippen LogP contribution in [0.5, 0.6) is 0 Å². The molecule has 0 fully saturated rings. The molecule has 0 aliphatic carbocycles. The molecule has 2 aromatic heterocycles. The van der Waals surface area contributed by atoms with E-state index in [1.54, 1.807) is 0 Å². The van der Waals surface area contributed by atoms with Crippen LogP contribution in [0, 0.1) is 0 Å². The second kappa shape index (κ2) is 3.98. The van der Waals surface area contributed by atoms with Crippen molar-refractivity contribution in [2.24, 2.45) is 0 Å². The normalized spacial score (nSPS) is 10.0. The topological polar surface area (TPSA) is 80.4 Å². The molecule has 0 aromatic carbocycles. The number of furan rings is 1. The third-order valence-corrected chi connectivity index (χ3v) is 1.98. The van der Waals surface area contributed by atoms with Crippen molar-refractivity contribution >= 4 is 11.8 Å². The maximum Gasteiger partial charge on any atom is 0.371 e. The van der Waals surface area contributed by atoms with Crippen molar-refractivity contribution in [2.75, 3.05) is 0 Å². The average Bonchev–Trinajstić information content (AvgIpc) is 2.78. The van der Waals surface area contributed by atoms with Crippen molar-refractivity contribution in [3.8, 4) is 0 Å². The lowest BCUT2D eigenvalue weighted by molar-refractivity contribution is 0.0660. The van der Waals surface area contributed by atoms with Crippen molar-refractivity contribution in [1.29, 1.82) is 0 Å². The minimum absolute atomic E-state index is 0.00333. The van der Waals surface area contributed by atoms with Gasteiger partial charge in [0.15, 0.2) is 5.76 Å². The summed E-state index contributed by atoms with van der Waals surface area (Å²) in [5.74, 6) is -1.82. The summed E-state index contributed by atoms with van der Waals surface area (Å²) in [5, 5.41) is 8.64. The van der Waals surface area contributed by atoms with Crippen LogP contribution in [0.1, 0.15) is 26.7 Å². The number of carbonyl (C=O) groups excluding carboxylic acids is 1. The van der Waals surface area contributed by atoms with Gasteiger partial charge in [-0.05, 0) is 24.3 Å². The number of carboxylic acids is 1. The zero-order valence-electron chi connectivity index (χ0n) is 8.08. The zero-order chi connectivity index (χ0) is 11.5. The lowest BCUT2D eigenvalue weighted by atomic mass is 10.1. The number of aromatic carboxylic acids is 1. The first-order chi connectivity index (χ1) is 7.68. The summed E-state index contributed by atoms with van der Waals surface area (Å²) in [6.45, 7) is 0. The Kier molecular flexibility index (Phi) is 2.51. The van der Waals surface area contributed by atoms with Crippen LogP contribution in [0.2, 0.25) is 0 Å². The first kappa shape index (κ1) is 10.1. The van der Waals surface area contributed by atoms with Gasteiger partial charge in [0.2, 0.25) is 11.5 Å².